The summed E-state index contributed by atoms with van der Waals surface area (Å²) in [4.78, 5) is 0. The molecule has 13 rings (SSSR count). The van der Waals surface area contributed by atoms with Gasteiger partial charge in [-0.15, -0.1) is 0 Å². The Bertz CT molecular complexity index is 3430. The Morgan fingerprint density at radius 3 is 0.829 bits per heavy atom. The molecule has 0 amide bonds. The smallest absolute Gasteiger partial charge is 0.123 e. The second kappa shape index (κ2) is 26.5. The SMILES string of the molecule is CCCCOc1ccc2ccc(OCC3CO3)c(Cc3c(OCC4CO4)ccc4ccc(OCC5CO5)cc34)c2c1.CCCCOc1ccc2ccc(OCCCC)c(Cc3c(OCC4CO4)ccc4ccc(OCC5CO5)cc34)c2c1. The van der Waals surface area contributed by atoms with Crippen LogP contribution in [0.15, 0.2) is 121 Å². The lowest BCUT2D eigenvalue weighted by atomic mass is 9.93. The zero-order valence-electron chi connectivity index (χ0n) is 47.6. The highest BCUT2D eigenvalue weighted by atomic mass is 16.6. The van der Waals surface area contributed by atoms with E-state index >= 15 is 0 Å². The Kier molecular flexibility index (Phi) is 17.9. The molecule has 13 heteroatoms. The molecule has 5 aliphatic heterocycles. The Balaban J connectivity index is 0.000000162. The van der Waals surface area contributed by atoms with Crippen molar-refractivity contribution < 1.29 is 61.6 Å². The largest absolute Gasteiger partial charge is 0.494 e. The van der Waals surface area contributed by atoms with Gasteiger partial charge in [0, 0.05) is 35.1 Å². The van der Waals surface area contributed by atoms with Crippen molar-refractivity contribution in [2.45, 2.75) is 103 Å². The maximum absolute atomic E-state index is 6.41. The molecule has 430 valence electrons. The number of epoxide rings is 5. The van der Waals surface area contributed by atoms with Crippen molar-refractivity contribution in [3.8, 4) is 46.0 Å². The minimum atomic E-state index is 0.157. The number of hydrogen-bond acceptors (Lipinski definition) is 13. The first kappa shape index (κ1) is 55.5. The third kappa shape index (κ3) is 14.8. The summed E-state index contributed by atoms with van der Waals surface area (Å²) in [5.74, 6) is 6.88. The molecule has 0 spiro atoms. The highest BCUT2D eigenvalue weighted by molar-refractivity contribution is 5.94. The van der Waals surface area contributed by atoms with Crippen LogP contribution in [0.2, 0.25) is 0 Å². The molecule has 0 aliphatic carbocycles. The molecule has 5 unspecified atom stereocenters. The average Bonchev–Trinajstić information content (AvgIpc) is 4.34. The molecule has 82 heavy (non-hydrogen) atoms. The minimum absolute atomic E-state index is 0.157. The van der Waals surface area contributed by atoms with Gasteiger partial charge >= 0.3 is 0 Å². The molecule has 13 nitrogen and oxygen atoms in total. The van der Waals surface area contributed by atoms with Gasteiger partial charge in [-0.25, -0.2) is 0 Å². The molecule has 5 atom stereocenters. The predicted octanol–water partition coefficient (Wildman–Crippen LogP) is 13.6. The summed E-state index contributed by atoms with van der Waals surface area (Å²) in [6, 6.07) is 42.1. The van der Waals surface area contributed by atoms with Gasteiger partial charge in [0.2, 0.25) is 0 Å². The lowest BCUT2D eigenvalue weighted by Gasteiger charge is -2.19. The second-order valence-corrected chi connectivity index (χ2v) is 22.0. The van der Waals surface area contributed by atoms with Crippen molar-refractivity contribution in [1.29, 1.82) is 0 Å². The van der Waals surface area contributed by atoms with Gasteiger partial charge in [0.05, 0.1) is 52.9 Å². The van der Waals surface area contributed by atoms with Crippen molar-refractivity contribution in [2.24, 2.45) is 0 Å². The van der Waals surface area contributed by atoms with Crippen LogP contribution in [0.25, 0.3) is 43.1 Å². The molecule has 0 bridgehead atoms. The molecular weight excluding hydrogens is 1040 g/mol. The monoisotopic (exact) mass is 1110 g/mol. The van der Waals surface area contributed by atoms with E-state index in [-0.39, 0.29) is 30.5 Å². The van der Waals surface area contributed by atoms with Crippen molar-refractivity contribution >= 4 is 43.1 Å². The Morgan fingerprint density at radius 2 is 0.549 bits per heavy atom. The van der Waals surface area contributed by atoms with E-state index < -0.39 is 0 Å². The van der Waals surface area contributed by atoms with Crippen molar-refractivity contribution in [1.82, 2.24) is 0 Å². The predicted molar refractivity (Wildman–Crippen MR) is 319 cm³/mol. The third-order valence-electron chi connectivity index (χ3n) is 15.4. The van der Waals surface area contributed by atoms with E-state index in [1.165, 1.54) is 0 Å². The Labute approximate surface area is 480 Å². The maximum atomic E-state index is 6.41. The van der Waals surface area contributed by atoms with E-state index in [1.54, 1.807) is 0 Å². The van der Waals surface area contributed by atoms with Gasteiger partial charge in [-0.1, -0.05) is 88.6 Å². The fourth-order valence-electron chi connectivity index (χ4n) is 10.1. The number of hydrogen-bond donors (Lipinski definition) is 0. The van der Waals surface area contributed by atoms with E-state index in [1.807, 2.05) is 12.1 Å². The molecule has 8 aromatic carbocycles. The molecule has 0 aromatic heterocycles. The molecule has 0 N–H and O–H groups in total. The summed E-state index contributed by atoms with van der Waals surface area (Å²) in [5, 5.41) is 9.02. The van der Waals surface area contributed by atoms with Gasteiger partial charge in [-0.3, -0.25) is 0 Å². The molecule has 5 aliphatic rings. The van der Waals surface area contributed by atoms with Crippen LogP contribution in [0.4, 0.5) is 0 Å². The van der Waals surface area contributed by atoms with Gasteiger partial charge in [0.15, 0.2) is 0 Å². The summed E-state index contributed by atoms with van der Waals surface area (Å²) >= 11 is 0. The van der Waals surface area contributed by atoms with Crippen molar-refractivity contribution in [3.63, 3.8) is 0 Å². The lowest BCUT2D eigenvalue weighted by molar-refractivity contribution is 0.259. The van der Waals surface area contributed by atoms with Crippen LogP contribution in [-0.2, 0) is 36.5 Å². The van der Waals surface area contributed by atoms with E-state index in [9.17, 15) is 0 Å². The van der Waals surface area contributed by atoms with Crippen LogP contribution in [0, 0.1) is 0 Å². The van der Waals surface area contributed by atoms with Crippen LogP contribution >= 0.6 is 0 Å². The molecule has 0 saturated carbocycles. The van der Waals surface area contributed by atoms with Gasteiger partial charge in [0.25, 0.3) is 0 Å². The van der Waals surface area contributed by atoms with Crippen molar-refractivity contribution in [3.05, 3.63) is 144 Å². The third-order valence-corrected chi connectivity index (χ3v) is 15.4. The second-order valence-electron chi connectivity index (χ2n) is 22.0. The first-order chi connectivity index (χ1) is 40.4. The van der Waals surface area contributed by atoms with E-state index in [0.717, 1.165) is 183 Å². The number of fused-ring (bicyclic) bond motifs is 4. The number of benzene rings is 8. The van der Waals surface area contributed by atoms with Crippen LogP contribution in [-0.4, -0.2) is 116 Å². The van der Waals surface area contributed by atoms with E-state index in [0.29, 0.717) is 65.7 Å². The average molecular weight is 1110 g/mol. The van der Waals surface area contributed by atoms with Gasteiger partial charge in [-0.05, 0) is 135 Å². The number of rotatable bonds is 31. The highest BCUT2D eigenvalue weighted by Gasteiger charge is 2.29. The Morgan fingerprint density at radius 1 is 0.305 bits per heavy atom. The van der Waals surface area contributed by atoms with Gasteiger partial charge in [-0.2, -0.15) is 0 Å². The highest BCUT2D eigenvalue weighted by Crippen LogP contribution is 2.41. The normalized spacial score (nSPS) is 19.1. The summed E-state index contributed by atoms with van der Waals surface area (Å²) in [6.45, 7) is 15.1. The fraction of sp³-hybridized carbons (Fsp3) is 0.420. The first-order valence-electron chi connectivity index (χ1n) is 29.8. The standard InChI is InChI=1S/C35H40O6.C34H36O7/c1-3-5-15-36-26-11-7-24-9-13-34(37-16-6-4-2)32(30(24)17-26)19-33-31-18-27(38-20-28-21-39-28)12-8-25(31)10-14-35(33)41-23-29-22-40-29;1-2-3-12-35-24-8-4-22-6-10-33(40-20-27-18-38-27)31(29(22)13-24)15-32-30-14-25(36-16-26-17-37-26)9-5-23(30)7-11-34(32)41-21-28-19-39-28/h7-14,17-18,28-29H,3-6,15-16,19-23H2,1-2H3;4-11,13-14,26-28H,2-3,12,15-21H2,1H3. The first-order valence-corrected chi connectivity index (χ1v) is 29.8. The maximum Gasteiger partial charge on any atom is 0.123 e. The van der Waals surface area contributed by atoms with Gasteiger partial charge in [0.1, 0.15) is 110 Å². The number of ether oxygens (including phenoxy) is 13. The van der Waals surface area contributed by atoms with Crippen LogP contribution < -0.4 is 37.9 Å². The van der Waals surface area contributed by atoms with Crippen LogP contribution in [0.1, 0.15) is 81.5 Å². The lowest BCUT2D eigenvalue weighted by Crippen LogP contribution is -2.09. The summed E-state index contributed by atoms with van der Waals surface area (Å²) in [7, 11) is 0. The molecule has 5 saturated heterocycles. The fourth-order valence-corrected chi connectivity index (χ4v) is 10.1. The summed E-state index contributed by atoms with van der Waals surface area (Å²) in [6.07, 6.45) is 8.47. The quantitative estimate of drug-likeness (QED) is 0.0301. The minimum Gasteiger partial charge on any atom is -0.494 e. The van der Waals surface area contributed by atoms with Gasteiger partial charge < -0.3 is 61.6 Å². The summed E-state index contributed by atoms with van der Waals surface area (Å²) < 4.78 is 77.0. The van der Waals surface area contributed by atoms with Crippen LogP contribution in [0.5, 0.6) is 46.0 Å². The molecule has 5 fully saturated rings. The van der Waals surface area contributed by atoms with E-state index in [2.05, 4.69) is 130 Å². The topological polar surface area (TPSA) is 136 Å². The molecule has 5 heterocycles. The molecule has 0 radical (unpaired) electrons. The zero-order chi connectivity index (χ0) is 55.6. The Hall–Kier alpha value is -7.00. The van der Waals surface area contributed by atoms with Crippen LogP contribution in [0.3, 0.4) is 0 Å². The molecular formula is C69H76O13. The molecule has 8 aromatic rings. The van der Waals surface area contributed by atoms with E-state index in [4.69, 9.17) is 61.6 Å². The van der Waals surface area contributed by atoms with Crippen molar-refractivity contribution in [2.75, 3.05) is 85.9 Å². The number of unbranched alkanes of at least 4 members (excludes halogenated alkanes) is 3. The summed E-state index contributed by atoms with van der Waals surface area (Å²) in [5.41, 5.74) is 4.44. The zero-order valence-corrected chi connectivity index (χ0v) is 47.6.